The molecule has 1 N–H and O–H groups in total. The minimum Gasteiger partial charge on any atom is -0.444 e. The number of nitrogens with zero attached hydrogens (tertiary/aromatic N) is 4. The van der Waals surface area contributed by atoms with Gasteiger partial charge in [0.25, 0.3) is 5.91 Å². The van der Waals surface area contributed by atoms with Gasteiger partial charge in [-0.25, -0.2) is 0 Å². The van der Waals surface area contributed by atoms with E-state index in [9.17, 15) is 4.79 Å². The normalized spacial score (nSPS) is 11.1. The summed E-state index contributed by atoms with van der Waals surface area (Å²) in [5.74, 6) is -0.0825. The lowest BCUT2D eigenvalue weighted by molar-refractivity contribution is 0.0995. The van der Waals surface area contributed by atoms with Gasteiger partial charge in [-0.2, -0.15) is 4.80 Å². The van der Waals surface area contributed by atoms with Crippen LogP contribution in [0.1, 0.15) is 30.0 Å². The zero-order valence-electron chi connectivity index (χ0n) is 17.0. The molecule has 0 radical (unpaired) electrons. The first-order chi connectivity index (χ1) is 14.5. The van der Waals surface area contributed by atoms with Gasteiger partial charge in [-0.15, -0.1) is 10.2 Å². The molecule has 154 valence electrons. The van der Waals surface area contributed by atoms with Crippen molar-refractivity contribution in [3.63, 3.8) is 0 Å². The standard InChI is InChI=1S/C22H22BrN5O2/c1-4-27(5-2)15-6-8-16(9-7-15)28-25-18-12-14(3)17(13-19(18)26-28)24-22(29)20-10-11-21(23)30-20/h6-13H,4-5H2,1-3H3,(H,24,29). The highest BCUT2D eigenvalue weighted by Gasteiger charge is 2.14. The van der Waals surface area contributed by atoms with E-state index in [-0.39, 0.29) is 11.7 Å². The van der Waals surface area contributed by atoms with Gasteiger partial charge in [-0.05, 0) is 90.8 Å². The molecule has 8 heteroatoms. The number of carbonyl (C=O) groups excluding carboxylic acids is 1. The van der Waals surface area contributed by atoms with Crippen molar-refractivity contribution >= 4 is 44.2 Å². The SMILES string of the molecule is CCN(CC)c1ccc(-n2nc3cc(C)c(NC(=O)c4ccc(Br)o4)cc3n2)cc1. The average Bonchev–Trinajstić information content (AvgIpc) is 3.36. The van der Waals surface area contributed by atoms with Crippen molar-refractivity contribution in [3.8, 4) is 5.69 Å². The maximum atomic E-state index is 12.4. The van der Waals surface area contributed by atoms with E-state index in [0.29, 0.717) is 15.9 Å². The Kier molecular flexibility index (Phi) is 5.59. The van der Waals surface area contributed by atoms with Crippen molar-refractivity contribution in [1.82, 2.24) is 15.0 Å². The molecule has 0 saturated heterocycles. The molecule has 0 saturated carbocycles. The zero-order valence-corrected chi connectivity index (χ0v) is 18.6. The van der Waals surface area contributed by atoms with Crippen molar-refractivity contribution in [1.29, 1.82) is 0 Å². The summed E-state index contributed by atoms with van der Waals surface area (Å²) < 4.78 is 5.83. The van der Waals surface area contributed by atoms with Crippen LogP contribution in [0.4, 0.5) is 11.4 Å². The molecule has 4 rings (SSSR count). The van der Waals surface area contributed by atoms with Crippen LogP contribution in [0.25, 0.3) is 16.7 Å². The van der Waals surface area contributed by atoms with Crippen LogP contribution < -0.4 is 10.2 Å². The van der Waals surface area contributed by atoms with E-state index in [2.05, 4.69) is 62.3 Å². The molecule has 4 aromatic rings. The highest BCUT2D eigenvalue weighted by atomic mass is 79.9. The largest absolute Gasteiger partial charge is 0.444 e. The Morgan fingerprint density at radius 3 is 2.33 bits per heavy atom. The lowest BCUT2D eigenvalue weighted by Crippen LogP contribution is -2.21. The first-order valence-corrected chi connectivity index (χ1v) is 10.6. The van der Waals surface area contributed by atoms with Gasteiger partial charge in [0.2, 0.25) is 0 Å². The van der Waals surface area contributed by atoms with Gasteiger partial charge in [0, 0.05) is 24.5 Å². The average molecular weight is 468 g/mol. The number of rotatable bonds is 6. The number of carbonyl (C=O) groups is 1. The summed E-state index contributed by atoms with van der Waals surface area (Å²) in [5.41, 5.74) is 5.08. The number of benzene rings is 2. The third-order valence-electron chi connectivity index (χ3n) is 4.98. The highest BCUT2D eigenvalue weighted by Crippen LogP contribution is 2.24. The molecule has 1 amide bonds. The van der Waals surface area contributed by atoms with E-state index in [1.165, 1.54) is 5.69 Å². The maximum Gasteiger partial charge on any atom is 0.291 e. The molecule has 0 spiro atoms. The van der Waals surface area contributed by atoms with Crippen LogP contribution in [-0.4, -0.2) is 34.0 Å². The van der Waals surface area contributed by atoms with Crippen LogP contribution >= 0.6 is 15.9 Å². The Balaban J connectivity index is 1.61. The summed E-state index contributed by atoms with van der Waals surface area (Å²) in [6.45, 7) is 8.13. The van der Waals surface area contributed by atoms with E-state index in [1.54, 1.807) is 16.9 Å². The minimum absolute atomic E-state index is 0.235. The number of fused-ring (bicyclic) bond motifs is 1. The smallest absolute Gasteiger partial charge is 0.291 e. The third kappa shape index (κ3) is 3.95. The van der Waals surface area contributed by atoms with Crippen LogP contribution in [0.15, 0.2) is 57.6 Å². The molecule has 2 aromatic carbocycles. The number of anilines is 2. The highest BCUT2D eigenvalue weighted by molar-refractivity contribution is 9.10. The third-order valence-corrected chi connectivity index (χ3v) is 5.41. The molecule has 0 aliphatic heterocycles. The summed E-state index contributed by atoms with van der Waals surface area (Å²) in [5, 5.41) is 12.1. The van der Waals surface area contributed by atoms with Crippen LogP contribution in [-0.2, 0) is 0 Å². The quantitative estimate of drug-likeness (QED) is 0.422. The lowest BCUT2D eigenvalue weighted by Gasteiger charge is -2.20. The molecule has 0 atom stereocenters. The monoisotopic (exact) mass is 467 g/mol. The Hall–Kier alpha value is -3.13. The summed E-state index contributed by atoms with van der Waals surface area (Å²) >= 11 is 3.21. The molecule has 2 heterocycles. The fourth-order valence-electron chi connectivity index (χ4n) is 3.32. The number of halogens is 1. The second-order valence-corrected chi connectivity index (χ2v) is 7.67. The summed E-state index contributed by atoms with van der Waals surface area (Å²) in [6.07, 6.45) is 0. The number of aromatic nitrogens is 3. The van der Waals surface area contributed by atoms with Crippen molar-refractivity contribution in [2.75, 3.05) is 23.3 Å². The fraction of sp³-hybridized carbons (Fsp3) is 0.227. The Labute approximate surface area is 182 Å². The predicted molar refractivity (Wildman–Crippen MR) is 122 cm³/mol. The van der Waals surface area contributed by atoms with Crippen molar-refractivity contribution in [3.05, 3.63) is 64.5 Å². The summed E-state index contributed by atoms with van der Waals surface area (Å²) in [4.78, 5) is 16.3. The Morgan fingerprint density at radius 2 is 1.73 bits per heavy atom. The van der Waals surface area contributed by atoms with Gasteiger partial charge in [0.05, 0.1) is 5.69 Å². The molecule has 0 unspecified atom stereocenters. The minimum atomic E-state index is -0.317. The van der Waals surface area contributed by atoms with E-state index < -0.39 is 0 Å². The molecule has 0 fully saturated rings. The van der Waals surface area contributed by atoms with Gasteiger partial charge in [-0.1, -0.05) is 0 Å². The van der Waals surface area contributed by atoms with E-state index in [0.717, 1.165) is 29.9 Å². The second kappa shape index (κ2) is 8.31. The molecule has 7 nitrogen and oxygen atoms in total. The number of hydrogen-bond acceptors (Lipinski definition) is 5. The zero-order chi connectivity index (χ0) is 21.3. The van der Waals surface area contributed by atoms with E-state index >= 15 is 0 Å². The number of hydrogen-bond donors (Lipinski definition) is 1. The van der Waals surface area contributed by atoms with Crippen molar-refractivity contribution < 1.29 is 9.21 Å². The molecule has 0 bridgehead atoms. The number of amides is 1. The van der Waals surface area contributed by atoms with Crippen LogP contribution in [0.2, 0.25) is 0 Å². The number of nitrogens with one attached hydrogen (secondary N) is 1. The summed E-state index contributed by atoms with van der Waals surface area (Å²) in [7, 11) is 0. The molecular weight excluding hydrogens is 446 g/mol. The van der Waals surface area contributed by atoms with E-state index in [1.807, 2.05) is 31.2 Å². The van der Waals surface area contributed by atoms with Gasteiger partial charge in [0.1, 0.15) is 11.0 Å². The summed E-state index contributed by atoms with van der Waals surface area (Å²) in [6, 6.07) is 15.2. The molecule has 2 aromatic heterocycles. The predicted octanol–water partition coefficient (Wildman–Crippen LogP) is 5.18. The van der Waals surface area contributed by atoms with Gasteiger partial charge < -0.3 is 14.6 Å². The molecular formula is C22H22BrN5O2. The number of furan rings is 1. The fourth-order valence-corrected chi connectivity index (χ4v) is 3.63. The van der Waals surface area contributed by atoms with Crippen LogP contribution in [0, 0.1) is 6.92 Å². The molecule has 0 aliphatic carbocycles. The topological polar surface area (TPSA) is 76.2 Å². The first-order valence-electron chi connectivity index (χ1n) is 9.78. The van der Waals surface area contributed by atoms with Gasteiger partial charge in [-0.3, -0.25) is 4.79 Å². The number of aryl methyl sites for hydroxylation is 1. The van der Waals surface area contributed by atoms with Crippen molar-refractivity contribution in [2.45, 2.75) is 20.8 Å². The Morgan fingerprint density at radius 1 is 1.07 bits per heavy atom. The lowest BCUT2D eigenvalue weighted by atomic mass is 10.1. The maximum absolute atomic E-state index is 12.4. The second-order valence-electron chi connectivity index (χ2n) is 6.89. The molecule has 30 heavy (non-hydrogen) atoms. The van der Waals surface area contributed by atoms with Gasteiger partial charge in [0.15, 0.2) is 10.4 Å². The van der Waals surface area contributed by atoms with Gasteiger partial charge >= 0.3 is 0 Å². The molecule has 0 aliphatic rings. The van der Waals surface area contributed by atoms with E-state index in [4.69, 9.17) is 4.42 Å². The van der Waals surface area contributed by atoms with Crippen molar-refractivity contribution in [2.24, 2.45) is 0 Å². The first kappa shape index (κ1) is 20.2. The Bertz CT molecular complexity index is 1190. The van der Waals surface area contributed by atoms with Crippen LogP contribution in [0.3, 0.4) is 0 Å². The van der Waals surface area contributed by atoms with Crippen LogP contribution in [0.5, 0.6) is 0 Å².